The van der Waals surface area contributed by atoms with Gasteiger partial charge in [0.25, 0.3) is 0 Å². The molecule has 2 fully saturated rings. The number of methoxy groups -OCH3 is 1. The number of alkyl carbamates (subject to hydrolysis) is 1. The van der Waals surface area contributed by atoms with Crippen molar-refractivity contribution < 1.29 is 14.3 Å². The van der Waals surface area contributed by atoms with E-state index >= 15 is 0 Å². The van der Waals surface area contributed by atoms with Crippen LogP contribution in [0.5, 0.6) is 0 Å². The Balaban J connectivity index is 2.23. The molecule has 1 saturated heterocycles. The molecule has 0 aromatic carbocycles. The Labute approximate surface area is 131 Å². The zero-order chi connectivity index (χ0) is 16.4. The minimum absolute atomic E-state index is 0.0360. The predicted molar refractivity (Wildman–Crippen MR) is 83.5 cm³/mol. The molecular weight excluding hydrogens is 284 g/mol. The number of aliphatic imine (C=N–C) groups is 1. The van der Waals surface area contributed by atoms with Crippen LogP contribution >= 0.6 is 0 Å². The lowest BCUT2D eigenvalue weighted by atomic mass is 9.95. The topological polar surface area (TPSA) is 97.0 Å². The first-order valence-corrected chi connectivity index (χ1v) is 7.79. The maximum absolute atomic E-state index is 13.0. The molecule has 1 saturated carbocycles. The Morgan fingerprint density at radius 2 is 2.05 bits per heavy atom. The van der Waals surface area contributed by atoms with Crippen molar-refractivity contribution in [1.29, 1.82) is 0 Å². The number of hydrogen-bond acceptors (Lipinski definition) is 4. The van der Waals surface area contributed by atoms with E-state index in [2.05, 4.69) is 15.0 Å². The molecular formula is C15H26N4O3. The Kier molecular flexibility index (Phi) is 4.93. The van der Waals surface area contributed by atoms with Crippen molar-refractivity contribution in [3.05, 3.63) is 0 Å². The maximum atomic E-state index is 13.0. The molecule has 0 aromatic rings. The highest BCUT2D eigenvalue weighted by atomic mass is 16.5. The molecule has 0 radical (unpaired) electrons. The third kappa shape index (κ3) is 2.89. The van der Waals surface area contributed by atoms with E-state index in [0.717, 1.165) is 19.3 Å². The fourth-order valence-corrected chi connectivity index (χ4v) is 3.68. The number of hydrogen-bond donors (Lipinski definition) is 2. The molecule has 1 aliphatic heterocycles. The molecule has 22 heavy (non-hydrogen) atoms. The van der Waals surface area contributed by atoms with Gasteiger partial charge >= 0.3 is 6.09 Å². The van der Waals surface area contributed by atoms with Gasteiger partial charge in [0.15, 0.2) is 0 Å². The van der Waals surface area contributed by atoms with Crippen LogP contribution in [0.3, 0.4) is 0 Å². The van der Waals surface area contributed by atoms with E-state index in [1.807, 2.05) is 18.7 Å². The average Bonchev–Trinajstić information content (AvgIpc) is 3.11. The van der Waals surface area contributed by atoms with Crippen LogP contribution < -0.4 is 11.1 Å². The number of nitrogens with two attached hydrogens (primary N) is 1. The summed E-state index contributed by atoms with van der Waals surface area (Å²) >= 11 is 0. The summed E-state index contributed by atoms with van der Waals surface area (Å²) in [5.41, 5.74) is 6.04. The quantitative estimate of drug-likeness (QED) is 0.591. The first kappa shape index (κ1) is 16.6. The van der Waals surface area contributed by atoms with Gasteiger partial charge in [0.05, 0.1) is 13.2 Å². The number of amides is 2. The Hall–Kier alpha value is -1.79. The first-order chi connectivity index (χ1) is 10.4. The van der Waals surface area contributed by atoms with Crippen molar-refractivity contribution in [1.82, 2.24) is 10.2 Å². The summed E-state index contributed by atoms with van der Waals surface area (Å²) in [7, 11) is 2.94. The van der Waals surface area contributed by atoms with Crippen molar-refractivity contribution >= 4 is 17.8 Å². The van der Waals surface area contributed by atoms with E-state index in [1.165, 1.54) is 7.11 Å². The minimum atomic E-state index is -0.612. The molecule has 2 aliphatic rings. The second kappa shape index (κ2) is 6.54. The van der Waals surface area contributed by atoms with E-state index < -0.39 is 12.1 Å². The molecule has 3 N–H and O–H groups in total. The second-order valence-electron chi connectivity index (χ2n) is 6.42. The van der Waals surface area contributed by atoms with Crippen LogP contribution in [0.2, 0.25) is 0 Å². The van der Waals surface area contributed by atoms with Gasteiger partial charge in [-0.15, -0.1) is 0 Å². The van der Waals surface area contributed by atoms with E-state index in [0.29, 0.717) is 11.8 Å². The summed E-state index contributed by atoms with van der Waals surface area (Å²) in [6.45, 7) is 3.80. The van der Waals surface area contributed by atoms with E-state index in [-0.39, 0.29) is 23.9 Å². The van der Waals surface area contributed by atoms with Gasteiger partial charge in [-0.3, -0.25) is 9.79 Å². The third-order valence-electron chi connectivity index (χ3n) is 4.79. The molecule has 0 spiro atoms. The number of nitrogens with one attached hydrogen (secondary N) is 1. The molecule has 1 heterocycles. The molecule has 1 aliphatic carbocycles. The summed E-state index contributed by atoms with van der Waals surface area (Å²) in [6, 6.07) is -0.556. The largest absolute Gasteiger partial charge is 0.453 e. The van der Waals surface area contributed by atoms with Gasteiger partial charge in [0.1, 0.15) is 11.9 Å². The van der Waals surface area contributed by atoms with Crippen molar-refractivity contribution in [3.8, 4) is 0 Å². The van der Waals surface area contributed by atoms with Crippen LogP contribution in [-0.2, 0) is 9.53 Å². The summed E-state index contributed by atoms with van der Waals surface area (Å²) in [4.78, 5) is 30.5. The number of ether oxygens (including phenoxy) is 1. The number of likely N-dealkylation sites (tertiary alicyclic amines) is 1. The lowest BCUT2D eigenvalue weighted by Crippen LogP contribution is -2.58. The SMILES string of the molecule is CN=C(N)[C@@H]1[C@H]2CC[C@H](C2)N1C(=O)[C@@H](NC(=O)OC)C(C)C. The number of carbonyl (C=O) groups is 2. The highest BCUT2D eigenvalue weighted by Gasteiger charge is 2.51. The van der Waals surface area contributed by atoms with Gasteiger partial charge in [-0.25, -0.2) is 4.79 Å². The lowest BCUT2D eigenvalue weighted by molar-refractivity contribution is -0.137. The monoisotopic (exact) mass is 310 g/mol. The van der Waals surface area contributed by atoms with Crippen LogP contribution in [-0.4, -0.2) is 55.0 Å². The number of amidine groups is 1. The fraction of sp³-hybridized carbons (Fsp3) is 0.800. The molecule has 0 aromatic heterocycles. The maximum Gasteiger partial charge on any atom is 0.407 e. The van der Waals surface area contributed by atoms with Gasteiger partial charge in [-0.2, -0.15) is 0 Å². The highest BCUT2D eigenvalue weighted by molar-refractivity contribution is 5.94. The number of piperidine rings is 1. The van der Waals surface area contributed by atoms with Gasteiger partial charge < -0.3 is 20.7 Å². The fourth-order valence-electron chi connectivity index (χ4n) is 3.68. The van der Waals surface area contributed by atoms with Crippen molar-refractivity contribution in [2.45, 2.75) is 51.2 Å². The van der Waals surface area contributed by atoms with Gasteiger partial charge in [-0.05, 0) is 31.1 Å². The molecule has 7 nitrogen and oxygen atoms in total. The normalized spacial score (nSPS) is 28.9. The standard InChI is InChI=1S/C15H26N4O3/c1-8(2)11(18-15(21)22-4)14(20)19-10-6-5-9(7-10)12(19)13(16)17-3/h8-12H,5-7H2,1-4H3,(H2,16,17)(H,18,21)/t9-,10+,11-,12-/m0/s1. The molecule has 0 unspecified atom stereocenters. The molecule has 2 amide bonds. The third-order valence-corrected chi connectivity index (χ3v) is 4.79. The van der Waals surface area contributed by atoms with Crippen LogP contribution in [0.1, 0.15) is 33.1 Å². The Bertz CT molecular complexity index is 477. The van der Waals surface area contributed by atoms with Gasteiger partial charge in [-0.1, -0.05) is 13.8 Å². The zero-order valence-corrected chi connectivity index (χ0v) is 13.7. The average molecular weight is 310 g/mol. The molecule has 2 rings (SSSR count). The minimum Gasteiger partial charge on any atom is -0.453 e. The number of nitrogens with zero attached hydrogens (tertiary/aromatic N) is 2. The first-order valence-electron chi connectivity index (χ1n) is 7.79. The summed E-state index contributed by atoms with van der Waals surface area (Å²) in [5, 5.41) is 2.65. The van der Waals surface area contributed by atoms with Crippen LogP contribution in [0.15, 0.2) is 4.99 Å². The van der Waals surface area contributed by atoms with Crippen LogP contribution in [0.25, 0.3) is 0 Å². The molecule has 4 atom stereocenters. The van der Waals surface area contributed by atoms with Crippen molar-refractivity contribution in [3.63, 3.8) is 0 Å². The number of fused-ring (bicyclic) bond motifs is 2. The Morgan fingerprint density at radius 1 is 1.36 bits per heavy atom. The number of rotatable bonds is 4. The van der Waals surface area contributed by atoms with Crippen molar-refractivity contribution in [2.75, 3.05) is 14.2 Å². The van der Waals surface area contributed by atoms with Gasteiger partial charge in [0, 0.05) is 13.1 Å². The smallest absolute Gasteiger partial charge is 0.407 e. The summed E-state index contributed by atoms with van der Waals surface area (Å²) in [5.74, 6) is 0.750. The highest BCUT2D eigenvalue weighted by Crippen LogP contribution is 2.43. The number of carbonyl (C=O) groups excluding carboxylic acids is 2. The van der Waals surface area contributed by atoms with Gasteiger partial charge in [0.2, 0.25) is 5.91 Å². The molecule has 2 bridgehead atoms. The van der Waals surface area contributed by atoms with Crippen molar-refractivity contribution in [2.24, 2.45) is 22.6 Å². The lowest BCUT2D eigenvalue weighted by Gasteiger charge is -2.38. The summed E-state index contributed by atoms with van der Waals surface area (Å²) < 4.78 is 4.63. The Morgan fingerprint density at radius 3 is 2.59 bits per heavy atom. The second-order valence-corrected chi connectivity index (χ2v) is 6.42. The molecule has 124 valence electrons. The zero-order valence-electron chi connectivity index (χ0n) is 13.7. The van der Waals surface area contributed by atoms with E-state index in [1.54, 1.807) is 7.05 Å². The van der Waals surface area contributed by atoms with E-state index in [4.69, 9.17) is 5.73 Å². The molecule has 7 heteroatoms. The van der Waals surface area contributed by atoms with Crippen LogP contribution in [0, 0.1) is 11.8 Å². The van der Waals surface area contributed by atoms with E-state index in [9.17, 15) is 9.59 Å². The summed E-state index contributed by atoms with van der Waals surface area (Å²) in [6.07, 6.45) is 2.44. The predicted octanol–water partition coefficient (Wildman–Crippen LogP) is 0.733. The van der Waals surface area contributed by atoms with Crippen LogP contribution in [0.4, 0.5) is 4.79 Å².